The number of ketones is 1. The fourth-order valence-corrected chi connectivity index (χ4v) is 1.96. The van der Waals surface area contributed by atoms with Crippen molar-refractivity contribution in [1.82, 2.24) is 0 Å². The Morgan fingerprint density at radius 2 is 2.06 bits per heavy atom. The minimum atomic E-state index is 0.0516. The van der Waals surface area contributed by atoms with Gasteiger partial charge in [0, 0.05) is 12.3 Å². The van der Waals surface area contributed by atoms with Crippen molar-refractivity contribution in [2.75, 3.05) is 6.61 Å². The van der Waals surface area contributed by atoms with E-state index in [2.05, 4.69) is 13.8 Å². The molecule has 1 unspecified atom stereocenters. The summed E-state index contributed by atoms with van der Waals surface area (Å²) in [5, 5.41) is 0. The third kappa shape index (κ3) is 1.84. The number of fused-ring (bicyclic) bond motifs is 1. The normalized spacial score (nSPS) is 15.8. The Kier molecular flexibility index (Phi) is 2.99. The third-order valence-electron chi connectivity index (χ3n) is 3.39. The Labute approximate surface area is 96.6 Å². The second-order valence-electron chi connectivity index (χ2n) is 4.79. The molecule has 86 valence electrons. The first-order chi connectivity index (χ1) is 7.61. The predicted octanol–water partition coefficient (Wildman–Crippen LogP) is 3.10. The molecule has 1 aliphatic heterocycles. The van der Waals surface area contributed by atoms with Crippen molar-refractivity contribution >= 4 is 5.78 Å². The Morgan fingerprint density at radius 1 is 1.31 bits per heavy atom. The van der Waals surface area contributed by atoms with Crippen LogP contribution < -0.4 is 4.74 Å². The molecule has 0 saturated heterocycles. The van der Waals surface area contributed by atoms with Crippen LogP contribution in [0.4, 0.5) is 0 Å². The molecular weight excluding hydrogens is 200 g/mol. The molecule has 0 aliphatic carbocycles. The molecule has 0 bridgehead atoms. The van der Waals surface area contributed by atoms with E-state index in [1.165, 1.54) is 5.56 Å². The minimum absolute atomic E-state index is 0.0516. The highest BCUT2D eigenvalue weighted by Crippen LogP contribution is 2.32. The number of benzene rings is 1. The van der Waals surface area contributed by atoms with Crippen molar-refractivity contribution < 1.29 is 9.53 Å². The molecule has 2 rings (SSSR count). The van der Waals surface area contributed by atoms with E-state index in [4.69, 9.17) is 4.74 Å². The second kappa shape index (κ2) is 4.28. The topological polar surface area (TPSA) is 26.3 Å². The number of carbonyl (C=O) groups excluding carboxylic acids is 1. The summed E-state index contributed by atoms with van der Waals surface area (Å²) in [5.74, 6) is 1.44. The maximum absolute atomic E-state index is 12.3. The van der Waals surface area contributed by atoms with Gasteiger partial charge in [0.05, 0.1) is 12.2 Å². The van der Waals surface area contributed by atoms with E-state index < -0.39 is 0 Å². The van der Waals surface area contributed by atoms with E-state index in [9.17, 15) is 4.79 Å². The van der Waals surface area contributed by atoms with Gasteiger partial charge in [-0.05, 0) is 17.5 Å². The van der Waals surface area contributed by atoms with Crippen LogP contribution in [0.1, 0.15) is 36.7 Å². The molecule has 0 amide bonds. The van der Waals surface area contributed by atoms with Gasteiger partial charge < -0.3 is 4.74 Å². The summed E-state index contributed by atoms with van der Waals surface area (Å²) in [7, 11) is 0. The van der Waals surface area contributed by atoms with Crippen LogP contribution in [0.5, 0.6) is 5.75 Å². The number of rotatable bonds is 3. The zero-order valence-corrected chi connectivity index (χ0v) is 10.1. The van der Waals surface area contributed by atoms with Gasteiger partial charge in [0.15, 0.2) is 5.78 Å². The van der Waals surface area contributed by atoms with Crippen molar-refractivity contribution in [3.63, 3.8) is 0 Å². The highest BCUT2D eigenvalue weighted by atomic mass is 16.5. The number of Topliss-reactive ketones (excluding diaryl/α,β-unsaturated/α-hetero) is 1. The Balaban J connectivity index is 2.34. The highest BCUT2D eigenvalue weighted by molar-refractivity contribution is 6.00. The third-order valence-corrected chi connectivity index (χ3v) is 3.39. The summed E-state index contributed by atoms with van der Waals surface area (Å²) in [6.45, 7) is 6.84. The number of hydrogen-bond donors (Lipinski definition) is 0. The monoisotopic (exact) mass is 218 g/mol. The fraction of sp³-hybridized carbons (Fsp3) is 0.500. The molecule has 0 aromatic heterocycles. The zero-order chi connectivity index (χ0) is 11.7. The average Bonchev–Trinajstić information content (AvgIpc) is 2.74. The molecule has 0 fully saturated rings. The standard InChI is InChI=1S/C14H18O2/c1-9(2)10(3)13(15)12-6-4-5-11-7-8-16-14(11)12/h4-6,9-10H,7-8H2,1-3H3. The molecule has 0 spiro atoms. The molecule has 1 heterocycles. The first-order valence-corrected chi connectivity index (χ1v) is 5.90. The Morgan fingerprint density at radius 3 is 2.75 bits per heavy atom. The lowest BCUT2D eigenvalue weighted by Crippen LogP contribution is -2.17. The highest BCUT2D eigenvalue weighted by Gasteiger charge is 2.25. The lowest BCUT2D eigenvalue weighted by atomic mass is 9.89. The SMILES string of the molecule is CC(C)C(C)C(=O)c1cccc2c1OCC2. The van der Waals surface area contributed by atoms with Gasteiger partial charge in [0.2, 0.25) is 0 Å². The van der Waals surface area contributed by atoms with Crippen LogP contribution in [-0.2, 0) is 6.42 Å². The molecule has 16 heavy (non-hydrogen) atoms. The molecule has 2 nitrogen and oxygen atoms in total. The van der Waals surface area contributed by atoms with E-state index in [1.807, 2.05) is 25.1 Å². The van der Waals surface area contributed by atoms with E-state index in [-0.39, 0.29) is 11.7 Å². The van der Waals surface area contributed by atoms with E-state index in [0.717, 1.165) is 17.7 Å². The van der Waals surface area contributed by atoms with Gasteiger partial charge in [-0.25, -0.2) is 0 Å². The molecule has 2 heteroatoms. The van der Waals surface area contributed by atoms with E-state index >= 15 is 0 Å². The van der Waals surface area contributed by atoms with Crippen LogP contribution in [0.15, 0.2) is 18.2 Å². The molecule has 0 radical (unpaired) electrons. The van der Waals surface area contributed by atoms with E-state index in [0.29, 0.717) is 12.5 Å². The van der Waals surface area contributed by atoms with E-state index in [1.54, 1.807) is 0 Å². The smallest absolute Gasteiger partial charge is 0.169 e. The van der Waals surface area contributed by atoms with Gasteiger partial charge in [0.25, 0.3) is 0 Å². The molecule has 0 N–H and O–H groups in total. The number of carbonyl (C=O) groups is 1. The number of ether oxygens (including phenoxy) is 1. The van der Waals surface area contributed by atoms with Gasteiger partial charge >= 0.3 is 0 Å². The number of para-hydroxylation sites is 1. The number of hydrogen-bond acceptors (Lipinski definition) is 2. The molecule has 1 aromatic carbocycles. The summed E-state index contributed by atoms with van der Waals surface area (Å²) in [5.41, 5.74) is 1.93. The zero-order valence-electron chi connectivity index (χ0n) is 10.1. The van der Waals surface area contributed by atoms with Gasteiger partial charge in [-0.1, -0.05) is 32.9 Å². The Bertz CT molecular complexity index is 407. The van der Waals surface area contributed by atoms with Crippen LogP contribution in [-0.4, -0.2) is 12.4 Å². The van der Waals surface area contributed by atoms with Crippen molar-refractivity contribution in [3.8, 4) is 5.75 Å². The van der Waals surface area contributed by atoms with Gasteiger partial charge in [-0.15, -0.1) is 0 Å². The van der Waals surface area contributed by atoms with Gasteiger partial charge in [0.1, 0.15) is 5.75 Å². The van der Waals surface area contributed by atoms with Crippen molar-refractivity contribution in [2.24, 2.45) is 11.8 Å². The molecule has 1 atom stereocenters. The molecular formula is C14H18O2. The van der Waals surface area contributed by atoms with Gasteiger partial charge in [-0.3, -0.25) is 4.79 Å². The fourth-order valence-electron chi connectivity index (χ4n) is 1.96. The largest absolute Gasteiger partial charge is 0.492 e. The maximum Gasteiger partial charge on any atom is 0.169 e. The quantitative estimate of drug-likeness (QED) is 0.729. The molecule has 1 aliphatic rings. The van der Waals surface area contributed by atoms with Crippen LogP contribution in [0.3, 0.4) is 0 Å². The lowest BCUT2D eigenvalue weighted by molar-refractivity contribution is 0.0896. The minimum Gasteiger partial charge on any atom is -0.492 e. The van der Waals surface area contributed by atoms with Crippen LogP contribution in [0.25, 0.3) is 0 Å². The lowest BCUT2D eigenvalue weighted by Gasteiger charge is -2.15. The summed E-state index contributed by atoms with van der Waals surface area (Å²) in [6.07, 6.45) is 0.923. The average molecular weight is 218 g/mol. The summed E-state index contributed by atoms with van der Waals surface area (Å²) < 4.78 is 5.56. The predicted molar refractivity (Wildman–Crippen MR) is 64.0 cm³/mol. The maximum atomic E-state index is 12.3. The first kappa shape index (κ1) is 11.2. The molecule has 1 aromatic rings. The van der Waals surface area contributed by atoms with Crippen LogP contribution in [0.2, 0.25) is 0 Å². The summed E-state index contributed by atoms with van der Waals surface area (Å²) >= 11 is 0. The van der Waals surface area contributed by atoms with Crippen LogP contribution >= 0.6 is 0 Å². The molecule has 0 saturated carbocycles. The Hall–Kier alpha value is -1.31. The van der Waals surface area contributed by atoms with Crippen molar-refractivity contribution in [3.05, 3.63) is 29.3 Å². The van der Waals surface area contributed by atoms with Crippen molar-refractivity contribution in [2.45, 2.75) is 27.2 Å². The van der Waals surface area contributed by atoms with Gasteiger partial charge in [-0.2, -0.15) is 0 Å². The summed E-state index contributed by atoms with van der Waals surface area (Å²) in [4.78, 5) is 12.3. The first-order valence-electron chi connectivity index (χ1n) is 5.90. The van der Waals surface area contributed by atoms with Crippen molar-refractivity contribution in [1.29, 1.82) is 0 Å². The second-order valence-corrected chi connectivity index (χ2v) is 4.79. The summed E-state index contributed by atoms with van der Waals surface area (Å²) in [6, 6.07) is 5.87. The van der Waals surface area contributed by atoms with Crippen LogP contribution in [0, 0.1) is 11.8 Å².